The summed E-state index contributed by atoms with van der Waals surface area (Å²) in [4.78, 5) is 15.8. The van der Waals surface area contributed by atoms with Crippen LogP contribution in [0.1, 0.15) is 44.0 Å². The highest BCUT2D eigenvalue weighted by molar-refractivity contribution is 5.80. The van der Waals surface area contributed by atoms with Gasteiger partial charge in [0.05, 0.1) is 17.5 Å². The van der Waals surface area contributed by atoms with Crippen molar-refractivity contribution in [1.29, 1.82) is 0 Å². The SMILES string of the molecule is NC(=O)Cc1nc2ccccc2n1C1CCCCC1. The molecule has 4 heteroatoms. The molecule has 2 N–H and O–H groups in total. The summed E-state index contributed by atoms with van der Waals surface area (Å²) in [7, 11) is 0. The normalized spacial score (nSPS) is 16.8. The van der Waals surface area contributed by atoms with Crippen molar-refractivity contribution < 1.29 is 4.79 Å². The lowest BCUT2D eigenvalue weighted by atomic mass is 9.95. The van der Waals surface area contributed by atoms with Gasteiger partial charge in [-0.05, 0) is 25.0 Å². The summed E-state index contributed by atoms with van der Waals surface area (Å²) < 4.78 is 2.25. The van der Waals surface area contributed by atoms with Gasteiger partial charge >= 0.3 is 0 Å². The van der Waals surface area contributed by atoms with Gasteiger partial charge in [0.2, 0.25) is 5.91 Å². The second kappa shape index (κ2) is 5.03. The average molecular weight is 257 g/mol. The quantitative estimate of drug-likeness (QED) is 0.918. The van der Waals surface area contributed by atoms with E-state index in [0.717, 1.165) is 16.9 Å². The Morgan fingerprint density at radius 3 is 2.74 bits per heavy atom. The lowest BCUT2D eigenvalue weighted by Crippen LogP contribution is -2.21. The van der Waals surface area contributed by atoms with E-state index in [1.807, 2.05) is 18.2 Å². The monoisotopic (exact) mass is 257 g/mol. The second-order valence-corrected chi connectivity index (χ2v) is 5.32. The van der Waals surface area contributed by atoms with Crippen LogP contribution in [0.3, 0.4) is 0 Å². The molecule has 1 fully saturated rings. The largest absolute Gasteiger partial charge is 0.369 e. The van der Waals surface area contributed by atoms with Crippen molar-refractivity contribution in [3.05, 3.63) is 30.1 Å². The highest BCUT2D eigenvalue weighted by Gasteiger charge is 2.21. The van der Waals surface area contributed by atoms with E-state index in [4.69, 9.17) is 5.73 Å². The lowest BCUT2D eigenvalue weighted by molar-refractivity contribution is -0.117. The van der Waals surface area contributed by atoms with Crippen molar-refractivity contribution in [3.63, 3.8) is 0 Å². The van der Waals surface area contributed by atoms with Crippen molar-refractivity contribution in [2.75, 3.05) is 0 Å². The van der Waals surface area contributed by atoms with E-state index in [0.29, 0.717) is 6.04 Å². The molecule has 0 aliphatic heterocycles. The van der Waals surface area contributed by atoms with Crippen LogP contribution >= 0.6 is 0 Å². The van der Waals surface area contributed by atoms with Gasteiger partial charge in [-0.3, -0.25) is 4.79 Å². The molecule has 0 spiro atoms. The van der Waals surface area contributed by atoms with Crippen molar-refractivity contribution in [3.8, 4) is 0 Å². The first-order valence-corrected chi connectivity index (χ1v) is 7.00. The van der Waals surface area contributed by atoms with E-state index >= 15 is 0 Å². The number of nitrogens with zero attached hydrogens (tertiary/aromatic N) is 2. The Hall–Kier alpha value is -1.84. The number of hydrogen-bond acceptors (Lipinski definition) is 2. The van der Waals surface area contributed by atoms with E-state index in [2.05, 4.69) is 15.6 Å². The van der Waals surface area contributed by atoms with Crippen LogP contribution in [0.15, 0.2) is 24.3 Å². The molecule has 3 rings (SSSR count). The average Bonchev–Trinajstić information content (AvgIpc) is 2.76. The minimum atomic E-state index is -0.313. The Bertz CT molecular complexity index is 596. The van der Waals surface area contributed by atoms with Gasteiger partial charge in [-0.25, -0.2) is 4.98 Å². The van der Waals surface area contributed by atoms with E-state index in [-0.39, 0.29) is 12.3 Å². The summed E-state index contributed by atoms with van der Waals surface area (Å²) in [6.07, 6.45) is 6.40. The van der Waals surface area contributed by atoms with E-state index in [9.17, 15) is 4.79 Å². The molecule has 2 aromatic rings. The zero-order chi connectivity index (χ0) is 13.2. The Balaban J connectivity index is 2.09. The number of aromatic nitrogens is 2. The molecule has 0 bridgehead atoms. The van der Waals surface area contributed by atoms with Crippen LogP contribution in [0.5, 0.6) is 0 Å². The minimum absolute atomic E-state index is 0.227. The number of hydrogen-bond donors (Lipinski definition) is 1. The van der Waals surface area contributed by atoms with Crippen LogP contribution in [-0.4, -0.2) is 15.5 Å². The first-order valence-electron chi connectivity index (χ1n) is 7.00. The number of imidazole rings is 1. The fraction of sp³-hybridized carbons (Fsp3) is 0.467. The molecule has 1 heterocycles. The minimum Gasteiger partial charge on any atom is -0.369 e. The molecule has 1 aromatic heterocycles. The topological polar surface area (TPSA) is 60.9 Å². The van der Waals surface area contributed by atoms with E-state index in [1.54, 1.807) is 0 Å². The molecule has 19 heavy (non-hydrogen) atoms. The van der Waals surface area contributed by atoms with Gasteiger partial charge in [-0.2, -0.15) is 0 Å². The number of benzene rings is 1. The highest BCUT2D eigenvalue weighted by atomic mass is 16.1. The summed E-state index contributed by atoms with van der Waals surface area (Å²) >= 11 is 0. The number of carbonyl (C=O) groups is 1. The smallest absolute Gasteiger partial charge is 0.225 e. The summed E-state index contributed by atoms with van der Waals surface area (Å²) in [6, 6.07) is 8.56. The molecule has 1 amide bonds. The Kier molecular flexibility index (Phi) is 3.23. The van der Waals surface area contributed by atoms with Crippen LogP contribution in [0.25, 0.3) is 11.0 Å². The Morgan fingerprint density at radius 2 is 2.00 bits per heavy atom. The molecule has 1 aromatic carbocycles. The van der Waals surface area contributed by atoms with Crippen molar-refractivity contribution >= 4 is 16.9 Å². The second-order valence-electron chi connectivity index (χ2n) is 5.32. The molecular weight excluding hydrogens is 238 g/mol. The number of para-hydroxylation sites is 2. The third kappa shape index (κ3) is 2.35. The molecule has 0 unspecified atom stereocenters. The summed E-state index contributed by atoms with van der Waals surface area (Å²) in [5, 5.41) is 0. The van der Waals surface area contributed by atoms with Gasteiger partial charge in [-0.1, -0.05) is 31.4 Å². The van der Waals surface area contributed by atoms with Crippen molar-refractivity contribution in [1.82, 2.24) is 9.55 Å². The zero-order valence-corrected chi connectivity index (χ0v) is 11.0. The van der Waals surface area contributed by atoms with Crippen LogP contribution in [-0.2, 0) is 11.2 Å². The number of carbonyl (C=O) groups excluding carboxylic acids is 1. The summed E-state index contributed by atoms with van der Waals surface area (Å²) in [5.74, 6) is 0.507. The van der Waals surface area contributed by atoms with Crippen LogP contribution in [0.2, 0.25) is 0 Å². The lowest BCUT2D eigenvalue weighted by Gasteiger charge is -2.25. The summed E-state index contributed by atoms with van der Waals surface area (Å²) in [6.45, 7) is 0. The van der Waals surface area contributed by atoms with Crippen LogP contribution < -0.4 is 5.73 Å². The molecule has 1 aliphatic carbocycles. The van der Waals surface area contributed by atoms with E-state index < -0.39 is 0 Å². The van der Waals surface area contributed by atoms with Gasteiger partial charge < -0.3 is 10.3 Å². The molecule has 1 saturated carbocycles. The fourth-order valence-electron chi connectivity index (χ4n) is 3.12. The molecule has 0 atom stereocenters. The number of amides is 1. The van der Waals surface area contributed by atoms with Crippen LogP contribution in [0.4, 0.5) is 0 Å². The van der Waals surface area contributed by atoms with Crippen LogP contribution in [0, 0.1) is 0 Å². The number of fused-ring (bicyclic) bond motifs is 1. The first-order chi connectivity index (χ1) is 9.25. The molecule has 0 saturated heterocycles. The molecule has 0 radical (unpaired) electrons. The maximum Gasteiger partial charge on any atom is 0.225 e. The first kappa shape index (κ1) is 12.2. The maximum atomic E-state index is 11.2. The number of primary amides is 1. The standard InChI is InChI=1S/C15H19N3O/c16-14(19)10-15-17-12-8-4-5-9-13(12)18(15)11-6-2-1-3-7-11/h4-5,8-9,11H,1-3,6-7,10H2,(H2,16,19). The highest BCUT2D eigenvalue weighted by Crippen LogP contribution is 2.32. The molecule has 1 aliphatic rings. The maximum absolute atomic E-state index is 11.2. The van der Waals surface area contributed by atoms with Crippen molar-refractivity contribution in [2.45, 2.75) is 44.6 Å². The molecular formula is C15H19N3O. The van der Waals surface area contributed by atoms with Gasteiger partial charge in [0.15, 0.2) is 0 Å². The fourth-order valence-corrected chi connectivity index (χ4v) is 3.12. The third-order valence-corrected chi connectivity index (χ3v) is 3.94. The number of nitrogens with two attached hydrogens (primary N) is 1. The van der Waals surface area contributed by atoms with E-state index in [1.165, 1.54) is 32.1 Å². The van der Waals surface area contributed by atoms with Crippen molar-refractivity contribution in [2.24, 2.45) is 5.73 Å². The zero-order valence-electron chi connectivity index (χ0n) is 11.0. The predicted molar refractivity (Wildman–Crippen MR) is 74.8 cm³/mol. The summed E-state index contributed by atoms with van der Waals surface area (Å²) in [5.41, 5.74) is 7.45. The molecule has 4 nitrogen and oxygen atoms in total. The predicted octanol–water partition coefficient (Wildman–Crippen LogP) is 2.57. The Labute approximate surface area is 112 Å². The Morgan fingerprint density at radius 1 is 1.26 bits per heavy atom. The van der Waals surface area contributed by atoms with Gasteiger partial charge in [0.25, 0.3) is 0 Å². The van der Waals surface area contributed by atoms with Gasteiger partial charge in [0, 0.05) is 6.04 Å². The number of rotatable bonds is 3. The van der Waals surface area contributed by atoms with Gasteiger partial charge in [-0.15, -0.1) is 0 Å². The third-order valence-electron chi connectivity index (χ3n) is 3.94. The van der Waals surface area contributed by atoms with Gasteiger partial charge in [0.1, 0.15) is 5.82 Å². The molecule has 100 valence electrons.